The van der Waals surface area contributed by atoms with Crippen LogP contribution in [-0.4, -0.2) is 25.0 Å². The van der Waals surface area contributed by atoms with Gasteiger partial charge in [-0.1, -0.05) is 58.4 Å². The van der Waals surface area contributed by atoms with Crippen molar-refractivity contribution in [2.45, 2.75) is 51.2 Å². The molecule has 2 aromatic carbocycles. The van der Waals surface area contributed by atoms with E-state index in [0.717, 1.165) is 27.6 Å². The molecule has 1 aliphatic rings. The molecule has 8 heteroatoms. The monoisotopic (exact) mass is 524 g/mol. The summed E-state index contributed by atoms with van der Waals surface area (Å²) < 4.78 is 14.9. The molecule has 0 fully saturated rings. The fraction of sp³-hybridized carbons (Fsp3) is 0.333. The van der Waals surface area contributed by atoms with Crippen LogP contribution in [0, 0.1) is 0 Å². The van der Waals surface area contributed by atoms with E-state index in [1.54, 1.807) is 17.9 Å². The molecule has 0 amide bonds. The number of benzene rings is 2. The Hall–Kier alpha value is -2.61. The van der Waals surface area contributed by atoms with Gasteiger partial charge in [-0.05, 0) is 35.3 Å². The normalized spacial score (nSPS) is 16.7. The summed E-state index contributed by atoms with van der Waals surface area (Å²) in [5, 5.41) is 1.47. The van der Waals surface area contributed by atoms with Gasteiger partial charge in [0.25, 0.3) is 13.9 Å². The molecular formula is C27H29ClN2O3SSi. The van der Waals surface area contributed by atoms with Crippen molar-refractivity contribution in [2.24, 2.45) is 0 Å². The minimum Gasteiger partial charge on any atom is -0.540 e. The number of nitrogens with zero attached hydrogens (tertiary/aromatic N) is 2. The average Bonchev–Trinajstić information content (AvgIpc) is 3.40. The van der Waals surface area contributed by atoms with Crippen LogP contribution in [0.1, 0.15) is 45.7 Å². The number of hydrogen-bond donors (Lipinski definition) is 0. The van der Waals surface area contributed by atoms with Crippen molar-refractivity contribution < 1.29 is 9.16 Å². The van der Waals surface area contributed by atoms with Gasteiger partial charge < -0.3 is 9.16 Å². The number of rotatable bonds is 5. The first-order valence-electron chi connectivity index (χ1n) is 11.9. The van der Waals surface area contributed by atoms with Crippen molar-refractivity contribution in [1.82, 2.24) is 9.55 Å². The summed E-state index contributed by atoms with van der Waals surface area (Å²) in [5.41, 5.74) is 4.62. The zero-order valence-electron chi connectivity index (χ0n) is 20.8. The number of ether oxygens (including phenoxy) is 1. The molecule has 1 atom stereocenters. The van der Waals surface area contributed by atoms with Crippen molar-refractivity contribution in [1.29, 1.82) is 0 Å². The molecule has 0 saturated carbocycles. The molecule has 5 nitrogen and oxygen atoms in total. The molecular weight excluding hydrogens is 496 g/mol. The van der Waals surface area contributed by atoms with Gasteiger partial charge in [0.05, 0.1) is 18.3 Å². The van der Waals surface area contributed by atoms with Crippen LogP contribution in [0.3, 0.4) is 0 Å². The third-order valence-electron chi connectivity index (χ3n) is 7.33. The van der Waals surface area contributed by atoms with E-state index in [9.17, 15) is 4.79 Å². The van der Waals surface area contributed by atoms with Gasteiger partial charge in [0, 0.05) is 34.0 Å². The first-order chi connectivity index (χ1) is 16.7. The van der Waals surface area contributed by atoms with E-state index >= 15 is 0 Å². The fourth-order valence-electron chi connectivity index (χ4n) is 5.58. The van der Waals surface area contributed by atoms with Crippen LogP contribution in [0.15, 0.2) is 53.5 Å². The Bertz CT molecular complexity index is 1470. The summed E-state index contributed by atoms with van der Waals surface area (Å²) in [4.78, 5) is 18.3. The second-order valence-corrected chi connectivity index (χ2v) is 16.3. The van der Waals surface area contributed by atoms with E-state index in [2.05, 4.69) is 40.7 Å². The molecule has 3 heterocycles. The number of halogens is 1. The van der Waals surface area contributed by atoms with Crippen LogP contribution in [0.4, 0.5) is 0 Å². The molecule has 0 aliphatic carbocycles. The Morgan fingerprint density at radius 1 is 1.11 bits per heavy atom. The lowest BCUT2D eigenvalue weighted by Crippen LogP contribution is -2.49. The largest absolute Gasteiger partial charge is 0.540 e. The van der Waals surface area contributed by atoms with E-state index < -0.39 is 8.32 Å². The van der Waals surface area contributed by atoms with Gasteiger partial charge in [0.15, 0.2) is 5.75 Å². The number of aromatic nitrogens is 2. The fourth-order valence-corrected chi connectivity index (χ4v) is 12.0. The van der Waals surface area contributed by atoms with Crippen molar-refractivity contribution >= 4 is 41.5 Å². The molecule has 0 bridgehead atoms. The summed E-state index contributed by atoms with van der Waals surface area (Å²) in [6.07, 6.45) is 1.80. The third-order valence-corrected chi connectivity index (χ3v) is 14.5. The lowest BCUT2D eigenvalue weighted by molar-refractivity contribution is 0.390. The van der Waals surface area contributed by atoms with Crippen molar-refractivity contribution in [3.63, 3.8) is 0 Å². The molecule has 0 radical (unpaired) electrons. The Morgan fingerprint density at radius 2 is 1.80 bits per heavy atom. The van der Waals surface area contributed by atoms with Gasteiger partial charge in [-0.15, -0.1) is 11.3 Å². The summed E-state index contributed by atoms with van der Waals surface area (Å²) >= 11 is 7.43. The quantitative estimate of drug-likeness (QED) is 0.252. The molecule has 0 spiro atoms. The van der Waals surface area contributed by atoms with E-state index in [0.29, 0.717) is 32.1 Å². The number of hydrogen-bond acceptors (Lipinski definition) is 5. The van der Waals surface area contributed by atoms with Gasteiger partial charge in [0.2, 0.25) is 0 Å². The third kappa shape index (κ3) is 3.72. The van der Waals surface area contributed by atoms with Crippen LogP contribution < -0.4 is 14.7 Å². The maximum Gasteiger partial charge on any atom is 0.274 e. The highest BCUT2D eigenvalue weighted by atomic mass is 35.5. The standard InChI is InChI=1S/C27H29ClN2O3SSi/c1-15(2)35(16(3)4)17(5)21-13-20(14-23(32-6)24(21)33-35)30-12-11-22-25(27(30)31)34-26(29-22)18-7-9-19(28)10-8-18/h7-17H,1-6H3. The topological polar surface area (TPSA) is 53.4 Å². The molecule has 1 aliphatic heterocycles. The van der Waals surface area contributed by atoms with Crippen molar-refractivity contribution in [3.8, 4) is 27.8 Å². The predicted molar refractivity (Wildman–Crippen MR) is 147 cm³/mol. The number of thiazole rings is 1. The maximum absolute atomic E-state index is 13.6. The Labute approximate surface area is 215 Å². The lowest BCUT2D eigenvalue weighted by Gasteiger charge is -2.37. The smallest absolute Gasteiger partial charge is 0.274 e. The SMILES string of the molecule is COc1cc(-n2ccc3nc(-c4ccc(Cl)cc4)sc3c2=O)cc2c1O[Si](C(C)C)(C(C)C)C2C. The molecule has 182 valence electrons. The van der Waals surface area contributed by atoms with Crippen molar-refractivity contribution in [3.05, 3.63) is 69.6 Å². The summed E-state index contributed by atoms with van der Waals surface area (Å²) in [7, 11) is -0.487. The average molecular weight is 525 g/mol. The zero-order chi connectivity index (χ0) is 25.1. The highest BCUT2D eigenvalue weighted by Crippen LogP contribution is 2.55. The number of fused-ring (bicyclic) bond motifs is 2. The van der Waals surface area contributed by atoms with Gasteiger partial charge in [-0.25, -0.2) is 4.98 Å². The second kappa shape index (κ2) is 8.80. The van der Waals surface area contributed by atoms with Gasteiger partial charge in [-0.2, -0.15) is 0 Å². The summed E-state index contributed by atoms with van der Waals surface area (Å²) in [6.45, 7) is 11.3. The molecule has 0 saturated heterocycles. The first-order valence-corrected chi connectivity index (χ1v) is 15.2. The van der Waals surface area contributed by atoms with Gasteiger partial charge >= 0.3 is 0 Å². The lowest BCUT2D eigenvalue weighted by atomic mass is 10.1. The predicted octanol–water partition coefficient (Wildman–Crippen LogP) is 7.58. The number of pyridine rings is 1. The molecule has 0 N–H and O–H groups in total. The highest BCUT2D eigenvalue weighted by molar-refractivity contribution is 7.21. The van der Waals surface area contributed by atoms with E-state index in [-0.39, 0.29) is 11.1 Å². The van der Waals surface area contributed by atoms with Gasteiger partial charge in [-0.3, -0.25) is 9.36 Å². The molecule has 35 heavy (non-hydrogen) atoms. The van der Waals surface area contributed by atoms with Crippen LogP contribution in [-0.2, 0) is 0 Å². The zero-order valence-corrected chi connectivity index (χ0v) is 23.3. The Balaban J connectivity index is 1.64. The Kier molecular flexibility index (Phi) is 6.06. The van der Waals surface area contributed by atoms with Crippen LogP contribution in [0.25, 0.3) is 26.5 Å². The number of methoxy groups -OCH3 is 1. The van der Waals surface area contributed by atoms with Crippen LogP contribution >= 0.6 is 22.9 Å². The van der Waals surface area contributed by atoms with Crippen LogP contribution in [0.2, 0.25) is 16.1 Å². The molecule has 5 rings (SSSR count). The summed E-state index contributed by atoms with van der Waals surface area (Å²) in [6, 6.07) is 13.4. The van der Waals surface area contributed by atoms with Crippen molar-refractivity contribution in [2.75, 3.05) is 7.11 Å². The first kappa shape index (κ1) is 24.1. The van der Waals surface area contributed by atoms with Gasteiger partial charge in [0.1, 0.15) is 15.5 Å². The summed E-state index contributed by atoms with van der Waals surface area (Å²) in [5.74, 6) is 1.52. The second-order valence-electron chi connectivity index (χ2n) is 9.78. The van der Waals surface area contributed by atoms with E-state index in [1.807, 2.05) is 36.4 Å². The molecule has 2 aromatic heterocycles. The highest BCUT2D eigenvalue weighted by Gasteiger charge is 2.55. The Morgan fingerprint density at radius 3 is 2.43 bits per heavy atom. The van der Waals surface area contributed by atoms with E-state index in [1.165, 1.54) is 11.3 Å². The van der Waals surface area contributed by atoms with Crippen LogP contribution in [0.5, 0.6) is 11.5 Å². The molecule has 4 aromatic rings. The molecule has 1 unspecified atom stereocenters. The minimum absolute atomic E-state index is 0.0926. The van der Waals surface area contributed by atoms with E-state index in [4.69, 9.17) is 25.7 Å². The maximum atomic E-state index is 13.6. The minimum atomic E-state index is -2.15.